The molecular weight excluding hydrogens is 362 g/mol. The third kappa shape index (κ3) is 5.03. The van der Waals surface area contributed by atoms with Gasteiger partial charge in [0.1, 0.15) is 24.7 Å². The van der Waals surface area contributed by atoms with Gasteiger partial charge in [-0.15, -0.1) is 0 Å². The van der Waals surface area contributed by atoms with Crippen molar-refractivity contribution in [1.82, 2.24) is 0 Å². The first kappa shape index (κ1) is 19.3. The molecule has 0 bridgehead atoms. The SMILES string of the molecule is CCOc1ccc(OCCOC(=O)C2=C(Nc3ccccc3)OCC2=O)cc1. The van der Waals surface area contributed by atoms with Crippen molar-refractivity contribution < 1.29 is 28.5 Å². The smallest absolute Gasteiger partial charge is 0.347 e. The molecule has 146 valence electrons. The summed E-state index contributed by atoms with van der Waals surface area (Å²) in [5, 5.41) is 2.93. The number of anilines is 1. The topological polar surface area (TPSA) is 83.1 Å². The van der Waals surface area contributed by atoms with Gasteiger partial charge in [-0.3, -0.25) is 4.79 Å². The number of nitrogens with one attached hydrogen (secondary N) is 1. The van der Waals surface area contributed by atoms with Gasteiger partial charge in [-0.1, -0.05) is 18.2 Å². The highest BCUT2D eigenvalue weighted by molar-refractivity contribution is 6.19. The Morgan fingerprint density at radius 2 is 1.68 bits per heavy atom. The van der Waals surface area contributed by atoms with E-state index in [9.17, 15) is 9.59 Å². The number of hydrogen-bond donors (Lipinski definition) is 1. The lowest BCUT2D eigenvalue weighted by molar-refractivity contribution is -0.140. The lowest BCUT2D eigenvalue weighted by atomic mass is 10.2. The molecule has 1 N–H and O–H groups in total. The zero-order valence-corrected chi connectivity index (χ0v) is 15.5. The first-order valence-electron chi connectivity index (χ1n) is 8.92. The van der Waals surface area contributed by atoms with Gasteiger partial charge in [0.25, 0.3) is 0 Å². The third-order valence-corrected chi connectivity index (χ3v) is 3.81. The fourth-order valence-corrected chi connectivity index (χ4v) is 2.53. The highest BCUT2D eigenvalue weighted by Gasteiger charge is 2.32. The van der Waals surface area contributed by atoms with Gasteiger partial charge in [-0.05, 0) is 43.3 Å². The minimum Gasteiger partial charge on any atom is -0.494 e. The van der Waals surface area contributed by atoms with Crippen molar-refractivity contribution in [3.8, 4) is 11.5 Å². The second-order valence-corrected chi connectivity index (χ2v) is 5.80. The van der Waals surface area contributed by atoms with Crippen LogP contribution in [0.25, 0.3) is 0 Å². The van der Waals surface area contributed by atoms with E-state index in [4.69, 9.17) is 18.9 Å². The van der Waals surface area contributed by atoms with Crippen LogP contribution in [-0.2, 0) is 19.1 Å². The highest BCUT2D eigenvalue weighted by Crippen LogP contribution is 2.21. The van der Waals surface area contributed by atoms with Crippen molar-refractivity contribution in [3.63, 3.8) is 0 Å². The molecule has 3 rings (SSSR count). The molecule has 0 unspecified atom stereocenters. The van der Waals surface area contributed by atoms with Crippen molar-refractivity contribution in [3.05, 3.63) is 66.1 Å². The van der Waals surface area contributed by atoms with Gasteiger partial charge in [-0.25, -0.2) is 4.79 Å². The van der Waals surface area contributed by atoms with Crippen molar-refractivity contribution in [1.29, 1.82) is 0 Å². The van der Waals surface area contributed by atoms with Crippen molar-refractivity contribution >= 4 is 17.4 Å². The van der Waals surface area contributed by atoms with Gasteiger partial charge in [0, 0.05) is 5.69 Å². The molecule has 0 aliphatic carbocycles. The third-order valence-electron chi connectivity index (χ3n) is 3.81. The Bertz CT molecular complexity index is 845. The van der Waals surface area contributed by atoms with Crippen LogP contribution >= 0.6 is 0 Å². The van der Waals surface area contributed by atoms with Crippen LogP contribution in [0.4, 0.5) is 5.69 Å². The largest absolute Gasteiger partial charge is 0.494 e. The number of ether oxygens (including phenoxy) is 4. The maximum Gasteiger partial charge on any atom is 0.347 e. The first-order valence-corrected chi connectivity index (χ1v) is 8.92. The molecule has 1 heterocycles. The second kappa shape index (κ2) is 9.45. The first-order chi connectivity index (χ1) is 13.7. The fourth-order valence-electron chi connectivity index (χ4n) is 2.53. The molecule has 7 heteroatoms. The number of esters is 1. The van der Waals surface area contributed by atoms with E-state index in [0.29, 0.717) is 18.0 Å². The average Bonchev–Trinajstić information content (AvgIpc) is 3.07. The van der Waals surface area contributed by atoms with Crippen LogP contribution in [0.1, 0.15) is 6.92 Å². The summed E-state index contributed by atoms with van der Waals surface area (Å²) in [6, 6.07) is 16.2. The number of para-hydroxylation sites is 1. The molecule has 7 nitrogen and oxygen atoms in total. The second-order valence-electron chi connectivity index (χ2n) is 5.80. The van der Waals surface area contributed by atoms with Crippen LogP contribution in [0.3, 0.4) is 0 Å². The Labute approximate surface area is 162 Å². The Hall–Kier alpha value is -3.48. The Morgan fingerprint density at radius 3 is 2.36 bits per heavy atom. The summed E-state index contributed by atoms with van der Waals surface area (Å²) in [6.45, 7) is 2.47. The van der Waals surface area contributed by atoms with E-state index in [1.807, 2.05) is 25.1 Å². The van der Waals surface area contributed by atoms with Gasteiger partial charge >= 0.3 is 5.97 Å². The molecular formula is C21H21NO6. The van der Waals surface area contributed by atoms with E-state index in [2.05, 4.69) is 5.32 Å². The van der Waals surface area contributed by atoms with E-state index in [1.54, 1.807) is 36.4 Å². The summed E-state index contributed by atoms with van der Waals surface area (Å²) in [6.07, 6.45) is 0. The maximum atomic E-state index is 12.3. The normalized spacial score (nSPS) is 13.1. The van der Waals surface area contributed by atoms with Crippen molar-refractivity contribution in [2.45, 2.75) is 6.92 Å². The van der Waals surface area contributed by atoms with Gasteiger partial charge in [-0.2, -0.15) is 0 Å². The van der Waals surface area contributed by atoms with Crippen LogP contribution in [0.15, 0.2) is 66.1 Å². The van der Waals surface area contributed by atoms with Gasteiger partial charge in [0.05, 0.1) is 6.61 Å². The predicted octanol–water partition coefficient (Wildman–Crippen LogP) is 2.93. The number of ketones is 1. The zero-order chi connectivity index (χ0) is 19.8. The molecule has 0 atom stereocenters. The van der Waals surface area contributed by atoms with Gasteiger partial charge < -0.3 is 24.3 Å². The Balaban J connectivity index is 1.51. The lowest BCUT2D eigenvalue weighted by Crippen LogP contribution is -2.19. The summed E-state index contributed by atoms with van der Waals surface area (Å²) in [7, 11) is 0. The number of Topliss-reactive ketones (excluding diaryl/α,β-unsaturated/α-hetero) is 1. The quantitative estimate of drug-likeness (QED) is 0.405. The van der Waals surface area contributed by atoms with Crippen molar-refractivity contribution in [2.75, 3.05) is 31.7 Å². The molecule has 0 saturated heterocycles. The zero-order valence-electron chi connectivity index (χ0n) is 15.5. The number of hydrogen-bond acceptors (Lipinski definition) is 7. The molecule has 1 aliphatic heterocycles. The van der Waals surface area contributed by atoms with E-state index < -0.39 is 11.8 Å². The molecule has 28 heavy (non-hydrogen) atoms. The van der Waals surface area contributed by atoms with Crippen LogP contribution in [0.2, 0.25) is 0 Å². The summed E-state index contributed by atoms with van der Waals surface area (Å²) >= 11 is 0. The van der Waals surface area contributed by atoms with Crippen LogP contribution in [-0.4, -0.2) is 38.2 Å². The number of carbonyl (C=O) groups excluding carboxylic acids is 2. The Kier molecular flexibility index (Phi) is 6.51. The van der Waals surface area contributed by atoms with E-state index >= 15 is 0 Å². The number of carbonyl (C=O) groups is 2. The molecule has 1 aliphatic rings. The summed E-state index contributed by atoms with van der Waals surface area (Å²) in [4.78, 5) is 24.3. The summed E-state index contributed by atoms with van der Waals surface area (Å²) in [5.41, 5.74) is 0.584. The lowest BCUT2D eigenvalue weighted by Gasteiger charge is -2.10. The molecule has 0 aromatic heterocycles. The fraction of sp³-hybridized carbons (Fsp3) is 0.238. The van der Waals surface area contributed by atoms with E-state index in [-0.39, 0.29) is 31.3 Å². The van der Waals surface area contributed by atoms with Crippen molar-refractivity contribution in [2.24, 2.45) is 0 Å². The highest BCUT2D eigenvalue weighted by atomic mass is 16.6. The minimum atomic E-state index is -0.740. The molecule has 0 amide bonds. The standard InChI is InChI=1S/C21H21NO6/c1-2-25-16-8-10-17(11-9-16)26-12-13-27-21(24)19-18(23)14-28-20(19)22-15-6-4-3-5-7-15/h3-11,22H,2,12-14H2,1H3. The Morgan fingerprint density at radius 1 is 1.00 bits per heavy atom. The number of rotatable bonds is 9. The summed E-state index contributed by atoms with van der Waals surface area (Å²) in [5.74, 6) is 0.331. The molecule has 0 fully saturated rings. The summed E-state index contributed by atoms with van der Waals surface area (Å²) < 4.78 is 21.3. The monoisotopic (exact) mass is 383 g/mol. The van der Waals surface area contributed by atoms with E-state index in [0.717, 1.165) is 5.75 Å². The molecule has 2 aromatic rings. The van der Waals surface area contributed by atoms with E-state index in [1.165, 1.54) is 0 Å². The molecule has 2 aromatic carbocycles. The molecule has 0 radical (unpaired) electrons. The molecule has 0 saturated carbocycles. The minimum absolute atomic E-state index is 0.00143. The van der Waals surface area contributed by atoms with Gasteiger partial charge in [0.2, 0.25) is 11.7 Å². The van der Waals surface area contributed by atoms with Gasteiger partial charge in [0.15, 0.2) is 12.2 Å². The van der Waals surface area contributed by atoms with Crippen LogP contribution in [0, 0.1) is 0 Å². The average molecular weight is 383 g/mol. The predicted molar refractivity (Wildman–Crippen MR) is 102 cm³/mol. The molecule has 0 spiro atoms. The van der Waals surface area contributed by atoms with Crippen LogP contribution in [0.5, 0.6) is 11.5 Å². The number of benzene rings is 2. The van der Waals surface area contributed by atoms with Crippen LogP contribution < -0.4 is 14.8 Å². The maximum absolute atomic E-state index is 12.3.